The monoisotopic (exact) mass is 219 g/mol. The van der Waals surface area contributed by atoms with Crippen LogP contribution in [-0.4, -0.2) is 13.1 Å². The van der Waals surface area contributed by atoms with Crippen molar-refractivity contribution in [2.75, 3.05) is 13.1 Å². The third-order valence-electron chi connectivity index (χ3n) is 2.48. The zero-order chi connectivity index (χ0) is 9.26. The first-order chi connectivity index (χ1) is 6.29. The molecular weight excluding hydrogens is 208 g/mol. The molecule has 1 aliphatic heterocycles. The van der Waals surface area contributed by atoms with Crippen molar-refractivity contribution >= 4 is 12.4 Å². The summed E-state index contributed by atoms with van der Waals surface area (Å²) in [5.74, 6) is -1.30. The molecule has 0 spiro atoms. The number of benzene rings is 1. The minimum atomic E-state index is -0.746. The van der Waals surface area contributed by atoms with Gasteiger partial charge in [0, 0.05) is 12.5 Å². The molecule has 2 rings (SSSR count). The molecule has 0 radical (unpaired) electrons. The molecule has 1 fully saturated rings. The highest BCUT2D eigenvalue weighted by Crippen LogP contribution is 2.25. The summed E-state index contributed by atoms with van der Waals surface area (Å²) in [6.45, 7) is 1.64. The van der Waals surface area contributed by atoms with Gasteiger partial charge in [-0.1, -0.05) is 12.1 Å². The number of hydrogen-bond donors (Lipinski definition) is 1. The van der Waals surface area contributed by atoms with E-state index in [1.54, 1.807) is 12.1 Å². The summed E-state index contributed by atoms with van der Waals surface area (Å²) in [6.07, 6.45) is 0.889. The second-order valence-electron chi connectivity index (χ2n) is 3.33. The van der Waals surface area contributed by atoms with Crippen LogP contribution in [0.1, 0.15) is 17.9 Å². The van der Waals surface area contributed by atoms with Crippen molar-refractivity contribution in [1.82, 2.24) is 5.32 Å². The number of rotatable bonds is 1. The third-order valence-corrected chi connectivity index (χ3v) is 2.48. The maximum absolute atomic E-state index is 13.3. The Kier molecular flexibility index (Phi) is 3.84. The smallest absolute Gasteiger partial charge is 0.162 e. The van der Waals surface area contributed by atoms with E-state index in [9.17, 15) is 8.78 Å². The molecule has 1 aliphatic rings. The van der Waals surface area contributed by atoms with Crippen molar-refractivity contribution in [3.05, 3.63) is 35.4 Å². The van der Waals surface area contributed by atoms with E-state index in [2.05, 4.69) is 5.32 Å². The zero-order valence-electron chi connectivity index (χ0n) is 7.59. The van der Waals surface area contributed by atoms with Crippen molar-refractivity contribution in [3.63, 3.8) is 0 Å². The number of nitrogens with one attached hydrogen (secondary N) is 1. The Labute approximate surface area is 87.9 Å². The molecule has 1 aromatic rings. The van der Waals surface area contributed by atoms with Gasteiger partial charge in [-0.3, -0.25) is 0 Å². The SMILES string of the molecule is Cl.Fc1cccc([C@H]2CCNC2)c1F. The minimum absolute atomic E-state index is 0. The summed E-state index contributed by atoms with van der Waals surface area (Å²) in [6, 6.07) is 4.38. The van der Waals surface area contributed by atoms with Crippen LogP contribution in [0.4, 0.5) is 8.78 Å². The van der Waals surface area contributed by atoms with Gasteiger partial charge < -0.3 is 5.32 Å². The van der Waals surface area contributed by atoms with E-state index in [1.807, 2.05) is 0 Å². The molecular formula is C10H12ClF2N. The van der Waals surface area contributed by atoms with Gasteiger partial charge in [0.05, 0.1) is 0 Å². The highest BCUT2D eigenvalue weighted by Gasteiger charge is 2.21. The molecule has 1 nitrogen and oxygen atoms in total. The second-order valence-corrected chi connectivity index (χ2v) is 3.33. The van der Waals surface area contributed by atoms with Crippen molar-refractivity contribution in [2.45, 2.75) is 12.3 Å². The molecule has 1 heterocycles. The van der Waals surface area contributed by atoms with E-state index < -0.39 is 11.6 Å². The molecule has 0 bridgehead atoms. The van der Waals surface area contributed by atoms with Crippen LogP contribution >= 0.6 is 12.4 Å². The molecule has 0 saturated carbocycles. The Balaban J connectivity index is 0.000000980. The topological polar surface area (TPSA) is 12.0 Å². The summed E-state index contributed by atoms with van der Waals surface area (Å²) in [7, 11) is 0. The Morgan fingerprint density at radius 2 is 2.07 bits per heavy atom. The van der Waals surface area contributed by atoms with Gasteiger partial charge in [0.25, 0.3) is 0 Å². The van der Waals surface area contributed by atoms with E-state index in [1.165, 1.54) is 0 Å². The van der Waals surface area contributed by atoms with E-state index >= 15 is 0 Å². The first-order valence-corrected chi connectivity index (χ1v) is 4.43. The Hall–Kier alpha value is -0.670. The number of halogens is 3. The van der Waals surface area contributed by atoms with Crippen LogP contribution in [0.3, 0.4) is 0 Å². The van der Waals surface area contributed by atoms with E-state index in [0.29, 0.717) is 5.56 Å². The predicted octanol–water partition coefficient (Wildman–Crippen LogP) is 2.46. The predicted molar refractivity (Wildman–Crippen MR) is 53.8 cm³/mol. The molecule has 78 valence electrons. The molecule has 1 atom stereocenters. The van der Waals surface area contributed by atoms with Crippen LogP contribution in [0, 0.1) is 11.6 Å². The Morgan fingerprint density at radius 3 is 2.71 bits per heavy atom. The van der Waals surface area contributed by atoms with Crippen LogP contribution in [-0.2, 0) is 0 Å². The summed E-state index contributed by atoms with van der Waals surface area (Å²) in [4.78, 5) is 0. The van der Waals surface area contributed by atoms with Gasteiger partial charge in [0.15, 0.2) is 11.6 Å². The average molecular weight is 220 g/mol. The maximum atomic E-state index is 13.3. The molecule has 0 aromatic heterocycles. The molecule has 1 N–H and O–H groups in total. The highest BCUT2D eigenvalue weighted by atomic mass is 35.5. The fourth-order valence-corrected chi connectivity index (χ4v) is 1.76. The fraction of sp³-hybridized carbons (Fsp3) is 0.400. The first-order valence-electron chi connectivity index (χ1n) is 4.43. The normalized spacial score (nSPS) is 20.6. The molecule has 1 aromatic carbocycles. The summed E-state index contributed by atoms with van der Waals surface area (Å²) in [5.41, 5.74) is 0.505. The van der Waals surface area contributed by atoms with Crippen molar-refractivity contribution in [3.8, 4) is 0 Å². The van der Waals surface area contributed by atoms with Crippen LogP contribution in [0.25, 0.3) is 0 Å². The summed E-state index contributed by atoms with van der Waals surface area (Å²) >= 11 is 0. The summed E-state index contributed by atoms with van der Waals surface area (Å²) < 4.78 is 26.1. The fourth-order valence-electron chi connectivity index (χ4n) is 1.76. The van der Waals surface area contributed by atoms with E-state index in [0.717, 1.165) is 25.6 Å². The zero-order valence-corrected chi connectivity index (χ0v) is 8.41. The van der Waals surface area contributed by atoms with Gasteiger partial charge in [-0.05, 0) is 24.6 Å². The van der Waals surface area contributed by atoms with Crippen LogP contribution in [0.2, 0.25) is 0 Å². The van der Waals surface area contributed by atoms with Crippen molar-refractivity contribution in [1.29, 1.82) is 0 Å². The molecule has 0 aliphatic carbocycles. The first kappa shape index (κ1) is 11.4. The lowest BCUT2D eigenvalue weighted by atomic mass is 9.98. The lowest BCUT2D eigenvalue weighted by Gasteiger charge is -2.09. The standard InChI is InChI=1S/C10H11F2N.ClH/c11-9-3-1-2-8(10(9)12)7-4-5-13-6-7;/h1-3,7,13H,4-6H2;1H/t7-;/m0./s1. The Bertz CT molecular complexity index is 311. The van der Waals surface area contributed by atoms with Crippen LogP contribution in [0.15, 0.2) is 18.2 Å². The summed E-state index contributed by atoms with van der Waals surface area (Å²) in [5, 5.41) is 3.13. The van der Waals surface area contributed by atoms with Gasteiger partial charge in [0.1, 0.15) is 0 Å². The minimum Gasteiger partial charge on any atom is -0.316 e. The van der Waals surface area contributed by atoms with E-state index in [-0.39, 0.29) is 18.3 Å². The second kappa shape index (κ2) is 4.71. The molecule has 4 heteroatoms. The highest BCUT2D eigenvalue weighted by molar-refractivity contribution is 5.85. The van der Waals surface area contributed by atoms with Gasteiger partial charge in [-0.2, -0.15) is 0 Å². The Morgan fingerprint density at radius 1 is 1.29 bits per heavy atom. The molecule has 1 saturated heterocycles. The van der Waals surface area contributed by atoms with Gasteiger partial charge >= 0.3 is 0 Å². The molecule has 0 unspecified atom stereocenters. The van der Waals surface area contributed by atoms with Gasteiger partial charge in [0.2, 0.25) is 0 Å². The molecule has 0 amide bonds. The quantitative estimate of drug-likeness (QED) is 0.765. The van der Waals surface area contributed by atoms with Gasteiger partial charge in [-0.15, -0.1) is 12.4 Å². The lowest BCUT2D eigenvalue weighted by molar-refractivity contribution is 0.490. The average Bonchev–Trinajstić information content (AvgIpc) is 2.62. The number of hydrogen-bond acceptors (Lipinski definition) is 1. The third kappa shape index (κ3) is 2.04. The van der Waals surface area contributed by atoms with Gasteiger partial charge in [-0.25, -0.2) is 8.78 Å². The van der Waals surface area contributed by atoms with E-state index in [4.69, 9.17) is 0 Å². The van der Waals surface area contributed by atoms with Crippen molar-refractivity contribution < 1.29 is 8.78 Å². The van der Waals surface area contributed by atoms with Crippen LogP contribution in [0.5, 0.6) is 0 Å². The van der Waals surface area contributed by atoms with Crippen LogP contribution < -0.4 is 5.32 Å². The van der Waals surface area contributed by atoms with Crippen molar-refractivity contribution in [2.24, 2.45) is 0 Å². The maximum Gasteiger partial charge on any atom is 0.162 e. The molecule has 14 heavy (non-hydrogen) atoms. The lowest BCUT2D eigenvalue weighted by Crippen LogP contribution is -2.09. The largest absolute Gasteiger partial charge is 0.316 e.